The second kappa shape index (κ2) is 5.82. The highest BCUT2D eigenvalue weighted by molar-refractivity contribution is 7.18. The van der Waals surface area contributed by atoms with Gasteiger partial charge in [-0.3, -0.25) is 0 Å². The van der Waals surface area contributed by atoms with Gasteiger partial charge in [0.1, 0.15) is 5.01 Å². The van der Waals surface area contributed by atoms with Gasteiger partial charge < -0.3 is 10.2 Å². The molecule has 0 bridgehead atoms. The van der Waals surface area contributed by atoms with Gasteiger partial charge in [-0.05, 0) is 30.7 Å². The van der Waals surface area contributed by atoms with E-state index in [2.05, 4.69) is 51.6 Å². The van der Waals surface area contributed by atoms with Crippen molar-refractivity contribution in [1.29, 1.82) is 0 Å². The van der Waals surface area contributed by atoms with Crippen LogP contribution in [0.25, 0.3) is 10.6 Å². The summed E-state index contributed by atoms with van der Waals surface area (Å²) >= 11 is 1.59. The van der Waals surface area contributed by atoms with Gasteiger partial charge in [0, 0.05) is 31.9 Å². The number of hydrogen-bond donors (Lipinski definition) is 1. The lowest BCUT2D eigenvalue weighted by molar-refractivity contribution is 0.964. The van der Waals surface area contributed by atoms with Gasteiger partial charge in [-0.15, -0.1) is 10.2 Å². The molecule has 0 unspecified atom stereocenters. The summed E-state index contributed by atoms with van der Waals surface area (Å²) < 4.78 is 0. The molecule has 2 rings (SSSR count). The molecular formula is C13H18N4S. The fourth-order valence-corrected chi connectivity index (χ4v) is 2.32. The molecule has 2 aromatic rings. The Morgan fingerprint density at radius 3 is 2.50 bits per heavy atom. The molecule has 1 aromatic carbocycles. The molecule has 18 heavy (non-hydrogen) atoms. The van der Waals surface area contributed by atoms with Gasteiger partial charge in [0.2, 0.25) is 5.13 Å². The number of nitrogens with zero attached hydrogens (tertiary/aromatic N) is 3. The Balaban J connectivity index is 2.13. The van der Waals surface area contributed by atoms with Crippen molar-refractivity contribution in [3.8, 4) is 10.6 Å². The van der Waals surface area contributed by atoms with Crippen LogP contribution >= 0.6 is 11.3 Å². The van der Waals surface area contributed by atoms with Gasteiger partial charge >= 0.3 is 0 Å². The Morgan fingerprint density at radius 1 is 1.17 bits per heavy atom. The van der Waals surface area contributed by atoms with Crippen LogP contribution in [0, 0.1) is 0 Å². The van der Waals surface area contributed by atoms with E-state index < -0.39 is 0 Å². The summed E-state index contributed by atoms with van der Waals surface area (Å²) in [6.07, 6.45) is 1.09. The van der Waals surface area contributed by atoms with Gasteiger partial charge in [-0.25, -0.2) is 0 Å². The van der Waals surface area contributed by atoms with E-state index in [1.54, 1.807) is 11.3 Å². The minimum Gasteiger partial charge on any atom is -0.378 e. The predicted octanol–water partition coefficient (Wildman–Crippen LogP) is 3.09. The highest BCUT2D eigenvalue weighted by atomic mass is 32.1. The lowest BCUT2D eigenvalue weighted by Gasteiger charge is -2.11. The van der Waals surface area contributed by atoms with Crippen molar-refractivity contribution < 1.29 is 0 Å². The van der Waals surface area contributed by atoms with E-state index in [9.17, 15) is 0 Å². The van der Waals surface area contributed by atoms with E-state index in [1.807, 2.05) is 14.1 Å². The van der Waals surface area contributed by atoms with Crippen LogP contribution in [-0.4, -0.2) is 30.8 Å². The molecule has 96 valence electrons. The minimum absolute atomic E-state index is 0.892. The lowest BCUT2D eigenvalue weighted by Crippen LogP contribution is -2.07. The number of hydrogen-bond acceptors (Lipinski definition) is 5. The summed E-state index contributed by atoms with van der Waals surface area (Å²) in [5.74, 6) is 0. The molecule has 1 aromatic heterocycles. The third-order valence-electron chi connectivity index (χ3n) is 2.58. The first-order valence-corrected chi connectivity index (χ1v) is 6.87. The summed E-state index contributed by atoms with van der Waals surface area (Å²) in [7, 11) is 4.07. The van der Waals surface area contributed by atoms with Gasteiger partial charge in [0.25, 0.3) is 0 Å². The fourth-order valence-electron chi connectivity index (χ4n) is 1.55. The van der Waals surface area contributed by atoms with Crippen molar-refractivity contribution in [3.05, 3.63) is 24.3 Å². The normalized spacial score (nSPS) is 10.4. The number of anilines is 2. The van der Waals surface area contributed by atoms with E-state index in [-0.39, 0.29) is 0 Å². The zero-order valence-corrected chi connectivity index (χ0v) is 11.8. The molecule has 0 saturated heterocycles. The van der Waals surface area contributed by atoms with Crippen LogP contribution in [0.4, 0.5) is 10.8 Å². The molecule has 0 atom stereocenters. The largest absolute Gasteiger partial charge is 0.378 e. The number of aromatic nitrogens is 2. The monoisotopic (exact) mass is 262 g/mol. The SMILES string of the molecule is CCCNc1nnc(-c2ccc(N(C)C)cc2)s1. The van der Waals surface area contributed by atoms with Gasteiger partial charge in [-0.2, -0.15) is 0 Å². The first kappa shape index (κ1) is 12.8. The average Bonchev–Trinajstić information content (AvgIpc) is 2.85. The maximum Gasteiger partial charge on any atom is 0.206 e. The summed E-state index contributed by atoms with van der Waals surface area (Å²) in [5, 5.41) is 13.4. The maximum atomic E-state index is 4.21. The zero-order chi connectivity index (χ0) is 13.0. The third kappa shape index (κ3) is 2.98. The van der Waals surface area contributed by atoms with Gasteiger partial charge in [0.05, 0.1) is 0 Å². The molecule has 0 amide bonds. The van der Waals surface area contributed by atoms with Crippen LogP contribution in [0.15, 0.2) is 24.3 Å². The van der Waals surface area contributed by atoms with Crippen LogP contribution < -0.4 is 10.2 Å². The summed E-state index contributed by atoms with van der Waals surface area (Å²) in [4.78, 5) is 2.08. The summed E-state index contributed by atoms with van der Waals surface area (Å²) in [5.41, 5.74) is 2.30. The molecule has 4 nitrogen and oxygen atoms in total. The van der Waals surface area contributed by atoms with E-state index >= 15 is 0 Å². The Hall–Kier alpha value is -1.62. The van der Waals surface area contributed by atoms with Crippen LogP contribution in [0.2, 0.25) is 0 Å². The Bertz CT molecular complexity index is 490. The number of benzene rings is 1. The zero-order valence-electron chi connectivity index (χ0n) is 11.0. The standard InChI is InChI=1S/C13H18N4S/c1-4-9-14-13-16-15-12(18-13)10-5-7-11(8-6-10)17(2)3/h5-8H,4,9H2,1-3H3,(H,14,16). The molecule has 0 saturated carbocycles. The van der Waals surface area contributed by atoms with Crippen molar-refractivity contribution in [2.75, 3.05) is 30.9 Å². The molecule has 5 heteroatoms. The van der Waals surface area contributed by atoms with Crippen molar-refractivity contribution in [3.63, 3.8) is 0 Å². The van der Waals surface area contributed by atoms with Crippen molar-refractivity contribution in [1.82, 2.24) is 10.2 Å². The third-order valence-corrected chi connectivity index (χ3v) is 3.51. The molecule has 0 fully saturated rings. The molecule has 0 aliphatic rings. The molecule has 0 aliphatic carbocycles. The summed E-state index contributed by atoms with van der Waals surface area (Å²) in [6.45, 7) is 3.07. The smallest absolute Gasteiger partial charge is 0.206 e. The minimum atomic E-state index is 0.892. The van der Waals surface area contributed by atoms with Crippen LogP contribution in [-0.2, 0) is 0 Å². The lowest BCUT2D eigenvalue weighted by atomic mass is 10.2. The Labute approximate surface area is 112 Å². The maximum absolute atomic E-state index is 4.21. The molecule has 0 spiro atoms. The first-order chi connectivity index (χ1) is 8.70. The summed E-state index contributed by atoms with van der Waals surface area (Å²) in [6, 6.07) is 8.35. The quantitative estimate of drug-likeness (QED) is 0.899. The van der Waals surface area contributed by atoms with Gasteiger partial charge in [-0.1, -0.05) is 18.3 Å². The average molecular weight is 262 g/mol. The molecule has 0 radical (unpaired) electrons. The highest BCUT2D eigenvalue weighted by Crippen LogP contribution is 2.27. The Kier molecular flexibility index (Phi) is 4.15. The molecular weight excluding hydrogens is 244 g/mol. The Morgan fingerprint density at radius 2 is 1.89 bits per heavy atom. The van der Waals surface area contributed by atoms with Crippen LogP contribution in [0.5, 0.6) is 0 Å². The fraction of sp³-hybridized carbons (Fsp3) is 0.385. The van der Waals surface area contributed by atoms with Crippen LogP contribution in [0.1, 0.15) is 13.3 Å². The molecule has 1 heterocycles. The molecule has 0 aliphatic heterocycles. The number of rotatable bonds is 5. The predicted molar refractivity (Wildman–Crippen MR) is 78.5 cm³/mol. The first-order valence-electron chi connectivity index (χ1n) is 6.06. The van der Waals surface area contributed by atoms with E-state index in [0.29, 0.717) is 0 Å². The second-order valence-electron chi connectivity index (χ2n) is 4.28. The van der Waals surface area contributed by atoms with E-state index in [1.165, 1.54) is 5.69 Å². The van der Waals surface area contributed by atoms with Crippen molar-refractivity contribution in [2.24, 2.45) is 0 Å². The number of nitrogens with one attached hydrogen (secondary N) is 1. The van der Waals surface area contributed by atoms with Gasteiger partial charge in [0.15, 0.2) is 0 Å². The highest BCUT2D eigenvalue weighted by Gasteiger charge is 2.06. The topological polar surface area (TPSA) is 41.1 Å². The van der Waals surface area contributed by atoms with E-state index in [0.717, 1.165) is 28.7 Å². The second-order valence-corrected chi connectivity index (χ2v) is 5.26. The van der Waals surface area contributed by atoms with Crippen molar-refractivity contribution >= 4 is 22.2 Å². The molecule has 1 N–H and O–H groups in total. The van der Waals surface area contributed by atoms with E-state index in [4.69, 9.17) is 0 Å². The van der Waals surface area contributed by atoms with Crippen LogP contribution in [0.3, 0.4) is 0 Å². The van der Waals surface area contributed by atoms with Crippen molar-refractivity contribution in [2.45, 2.75) is 13.3 Å².